The molecule has 0 bridgehead atoms. The molecule has 2 aromatic heterocycles. The summed E-state index contributed by atoms with van der Waals surface area (Å²) in [5.74, 6) is 0. The predicted molar refractivity (Wildman–Crippen MR) is 80.5 cm³/mol. The smallest absolute Gasteiger partial charge is 0.0924 e. The van der Waals surface area contributed by atoms with E-state index in [0.717, 1.165) is 23.4 Å². The summed E-state index contributed by atoms with van der Waals surface area (Å²) in [6.45, 7) is 4.27. The Hall–Kier alpha value is -2.42. The number of aromatic amines is 1. The van der Waals surface area contributed by atoms with Gasteiger partial charge in [0.15, 0.2) is 0 Å². The van der Waals surface area contributed by atoms with E-state index in [1.54, 1.807) is 12.4 Å². The van der Waals surface area contributed by atoms with Crippen molar-refractivity contribution in [2.75, 3.05) is 0 Å². The Labute approximate surface area is 118 Å². The van der Waals surface area contributed by atoms with Crippen LogP contribution in [0.3, 0.4) is 0 Å². The predicted octanol–water partition coefficient (Wildman–Crippen LogP) is 3.68. The van der Waals surface area contributed by atoms with Gasteiger partial charge in [0.2, 0.25) is 0 Å². The zero-order valence-corrected chi connectivity index (χ0v) is 11.7. The summed E-state index contributed by atoms with van der Waals surface area (Å²) in [6, 6.07) is 12.6. The van der Waals surface area contributed by atoms with Gasteiger partial charge < -0.3 is 0 Å². The van der Waals surface area contributed by atoms with E-state index in [1.165, 1.54) is 16.7 Å². The van der Waals surface area contributed by atoms with E-state index >= 15 is 0 Å². The highest BCUT2D eigenvalue weighted by atomic mass is 15.1. The number of aromatic nitrogens is 3. The molecule has 0 saturated carbocycles. The third-order valence-corrected chi connectivity index (χ3v) is 3.49. The second-order valence-electron chi connectivity index (χ2n) is 5.12. The summed E-state index contributed by atoms with van der Waals surface area (Å²) >= 11 is 0. The molecule has 0 aliphatic rings. The zero-order chi connectivity index (χ0) is 13.9. The minimum Gasteiger partial charge on any atom is -0.282 e. The molecule has 3 rings (SSSR count). The molecule has 0 aliphatic heterocycles. The third-order valence-electron chi connectivity index (χ3n) is 3.49. The number of benzene rings is 1. The van der Waals surface area contributed by atoms with Gasteiger partial charge in [-0.3, -0.25) is 10.1 Å². The summed E-state index contributed by atoms with van der Waals surface area (Å²) in [6.07, 6.45) is 4.45. The number of nitrogens with one attached hydrogen (secondary N) is 1. The Bertz CT molecular complexity index is 714. The van der Waals surface area contributed by atoms with Gasteiger partial charge in [-0.1, -0.05) is 23.8 Å². The SMILES string of the molecule is Cc1ccc(Cc2cc(-c3ccncc3)n[nH]2)c(C)c1. The summed E-state index contributed by atoms with van der Waals surface area (Å²) < 4.78 is 0. The van der Waals surface area contributed by atoms with Crippen LogP contribution in [0.2, 0.25) is 0 Å². The van der Waals surface area contributed by atoms with Crippen molar-refractivity contribution in [2.24, 2.45) is 0 Å². The van der Waals surface area contributed by atoms with Gasteiger partial charge in [-0.2, -0.15) is 5.10 Å². The van der Waals surface area contributed by atoms with E-state index in [2.05, 4.69) is 53.3 Å². The average molecular weight is 263 g/mol. The fourth-order valence-corrected chi connectivity index (χ4v) is 2.37. The first-order valence-electron chi connectivity index (χ1n) is 6.73. The van der Waals surface area contributed by atoms with E-state index in [9.17, 15) is 0 Å². The molecule has 0 atom stereocenters. The molecule has 0 unspecified atom stereocenters. The number of H-pyrrole nitrogens is 1. The van der Waals surface area contributed by atoms with Crippen molar-refractivity contribution in [3.05, 3.63) is 71.2 Å². The highest BCUT2D eigenvalue weighted by Crippen LogP contribution is 2.19. The molecule has 3 aromatic rings. The molecule has 1 N–H and O–H groups in total. The molecular weight excluding hydrogens is 246 g/mol. The fraction of sp³-hybridized carbons (Fsp3) is 0.176. The van der Waals surface area contributed by atoms with Crippen LogP contribution in [-0.2, 0) is 6.42 Å². The maximum absolute atomic E-state index is 4.38. The Morgan fingerprint density at radius 1 is 1.00 bits per heavy atom. The largest absolute Gasteiger partial charge is 0.282 e. The van der Waals surface area contributed by atoms with Gasteiger partial charge in [-0.25, -0.2) is 0 Å². The summed E-state index contributed by atoms with van der Waals surface area (Å²) in [7, 11) is 0. The molecule has 0 spiro atoms. The number of rotatable bonds is 3. The first-order chi connectivity index (χ1) is 9.72. The second-order valence-corrected chi connectivity index (χ2v) is 5.12. The topological polar surface area (TPSA) is 41.6 Å². The lowest BCUT2D eigenvalue weighted by atomic mass is 10.0. The van der Waals surface area contributed by atoms with Gasteiger partial charge in [0, 0.05) is 30.1 Å². The molecule has 100 valence electrons. The van der Waals surface area contributed by atoms with Crippen molar-refractivity contribution in [3.8, 4) is 11.3 Å². The Morgan fingerprint density at radius 2 is 1.80 bits per heavy atom. The minimum absolute atomic E-state index is 0.879. The molecule has 3 nitrogen and oxygen atoms in total. The number of aryl methyl sites for hydroxylation is 2. The highest BCUT2D eigenvalue weighted by molar-refractivity contribution is 5.58. The van der Waals surface area contributed by atoms with Gasteiger partial charge in [-0.15, -0.1) is 0 Å². The van der Waals surface area contributed by atoms with E-state index < -0.39 is 0 Å². The maximum atomic E-state index is 4.38. The molecular formula is C17H17N3. The van der Waals surface area contributed by atoms with Crippen LogP contribution in [0.4, 0.5) is 0 Å². The number of nitrogens with zero attached hydrogens (tertiary/aromatic N) is 2. The molecule has 0 amide bonds. The van der Waals surface area contributed by atoms with Gasteiger partial charge in [0.05, 0.1) is 5.69 Å². The van der Waals surface area contributed by atoms with E-state index in [4.69, 9.17) is 0 Å². The van der Waals surface area contributed by atoms with Gasteiger partial charge in [-0.05, 0) is 43.2 Å². The molecule has 0 radical (unpaired) electrons. The Kier molecular flexibility index (Phi) is 3.33. The van der Waals surface area contributed by atoms with E-state index in [1.807, 2.05) is 12.1 Å². The van der Waals surface area contributed by atoms with Crippen LogP contribution >= 0.6 is 0 Å². The first kappa shape index (κ1) is 12.6. The van der Waals surface area contributed by atoms with Crippen molar-refractivity contribution in [2.45, 2.75) is 20.3 Å². The average Bonchev–Trinajstić information content (AvgIpc) is 2.92. The monoisotopic (exact) mass is 263 g/mol. The summed E-state index contributed by atoms with van der Waals surface area (Å²) in [4.78, 5) is 4.03. The van der Waals surface area contributed by atoms with Crippen molar-refractivity contribution in [1.29, 1.82) is 0 Å². The lowest BCUT2D eigenvalue weighted by Gasteiger charge is -2.05. The van der Waals surface area contributed by atoms with Crippen LogP contribution < -0.4 is 0 Å². The van der Waals surface area contributed by atoms with Gasteiger partial charge in [0.1, 0.15) is 0 Å². The standard InChI is InChI=1S/C17H17N3/c1-12-3-4-15(13(2)9-12)10-16-11-17(20-19-16)14-5-7-18-8-6-14/h3-9,11H,10H2,1-2H3,(H,19,20). The summed E-state index contributed by atoms with van der Waals surface area (Å²) in [5, 5.41) is 7.50. The van der Waals surface area contributed by atoms with Gasteiger partial charge >= 0.3 is 0 Å². The molecule has 0 saturated heterocycles. The molecule has 0 aliphatic carbocycles. The lowest BCUT2D eigenvalue weighted by Crippen LogP contribution is -1.92. The maximum Gasteiger partial charge on any atom is 0.0924 e. The molecule has 1 aromatic carbocycles. The minimum atomic E-state index is 0.879. The summed E-state index contributed by atoms with van der Waals surface area (Å²) in [5.41, 5.74) is 7.14. The quantitative estimate of drug-likeness (QED) is 0.783. The van der Waals surface area contributed by atoms with Crippen molar-refractivity contribution < 1.29 is 0 Å². The van der Waals surface area contributed by atoms with Crippen LogP contribution in [0, 0.1) is 13.8 Å². The third kappa shape index (κ3) is 2.62. The molecule has 2 heterocycles. The van der Waals surface area contributed by atoms with Crippen molar-refractivity contribution in [1.82, 2.24) is 15.2 Å². The van der Waals surface area contributed by atoms with E-state index in [0.29, 0.717) is 0 Å². The van der Waals surface area contributed by atoms with Gasteiger partial charge in [0.25, 0.3) is 0 Å². The normalized spacial score (nSPS) is 10.7. The number of hydrogen-bond acceptors (Lipinski definition) is 2. The number of hydrogen-bond donors (Lipinski definition) is 1. The molecule has 20 heavy (non-hydrogen) atoms. The van der Waals surface area contributed by atoms with Crippen LogP contribution in [0.5, 0.6) is 0 Å². The number of pyridine rings is 1. The Balaban J connectivity index is 1.84. The Morgan fingerprint density at radius 3 is 2.55 bits per heavy atom. The van der Waals surface area contributed by atoms with Crippen molar-refractivity contribution >= 4 is 0 Å². The molecule has 3 heteroatoms. The zero-order valence-electron chi connectivity index (χ0n) is 11.7. The lowest BCUT2D eigenvalue weighted by molar-refractivity contribution is 0.991. The van der Waals surface area contributed by atoms with Crippen LogP contribution in [0.1, 0.15) is 22.4 Å². The molecule has 0 fully saturated rings. The highest BCUT2D eigenvalue weighted by Gasteiger charge is 2.06. The van der Waals surface area contributed by atoms with Crippen molar-refractivity contribution in [3.63, 3.8) is 0 Å². The van der Waals surface area contributed by atoms with Crippen LogP contribution in [0.15, 0.2) is 48.8 Å². The van der Waals surface area contributed by atoms with Crippen LogP contribution in [-0.4, -0.2) is 15.2 Å². The second kappa shape index (κ2) is 5.29. The van der Waals surface area contributed by atoms with E-state index in [-0.39, 0.29) is 0 Å². The van der Waals surface area contributed by atoms with Crippen LogP contribution in [0.25, 0.3) is 11.3 Å². The first-order valence-corrected chi connectivity index (χ1v) is 6.73. The fourth-order valence-electron chi connectivity index (χ4n) is 2.37.